The molecule has 0 saturated carbocycles. The monoisotopic (exact) mass is 273 g/mol. The van der Waals surface area contributed by atoms with Crippen molar-refractivity contribution in [3.05, 3.63) is 29.3 Å². The minimum Gasteiger partial charge on any atom is -0.389 e. The van der Waals surface area contributed by atoms with Gasteiger partial charge in [0, 0.05) is 44.4 Å². The molecule has 20 heavy (non-hydrogen) atoms. The number of aliphatic hydroxyl groups excluding tert-OH is 1. The quantitative estimate of drug-likeness (QED) is 0.881. The van der Waals surface area contributed by atoms with Gasteiger partial charge in [0.1, 0.15) is 0 Å². The average Bonchev–Trinajstić information content (AvgIpc) is 2.46. The Balaban J connectivity index is 2.24. The first-order valence-electron chi connectivity index (χ1n) is 6.75. The first kappa shape index (κ1) is 14.4. The molecule has 0 spiro atoms. The third kappa shape index (κ3) is 2.91. The van der Waals surface area contributed by atoms with Gasteiger partial charge < -0.3 is 14.9 Å². The second-order valence-corrected chi connectivity index (χ2v) is 5.05. The van der Waals surface area contributed by atoms with E-state index >= 15 is 0 Å². The molecule has 2 rings (SSSR count). The van der Waals surface area contributed by atoms with Gasteiger partial charge in [0.05, 0.1) is 17.7 Å². The lowest BCUT2D eigenvalue weighted by molar-refractivity contribution is -0.129. The number of rotatable bonds is 2. The number of benzene rings is 1. The molecule has 1 aliphatic heterocycles. The van der Waals surface area contributed by atoms with E-state index in [0.717, 1.165) is 11.3 Å². The summed E-state index contributed by atoms with van der Waals surface area (Å²) in [5.74, 6) is 0.0891. The summed E-state index contributed by atoms with van der Waals surface area (Å²) in [5.41, 5.74) is 2.29. The molecule has 0 bridgehead atoms. The Kier molecular flexibility index (Phi) is 4.26. The van der Waals surface area contributed by atoms with Gasteiger partial charge in [-0.25, -0.2) is 0 Å². The van der Waals surface area contributed by atoms with Gasteiger partial charge in [-0.3, -0.25) is 4.79 Å². The molecule has 1 aromatic carbocycles. The number of nitriles is 1. The number of carbonyl (C=O) groups excluding carboxylic acids is 1. The fourth-order valence-corrected chi connectivity index (χ4v) is 2.50. The molecule has 1 N–H and O–H groups in total. The lowest BCUT2D eigenvalue weighted by Gasteiger charge is -2.37. The fourth-order valence-electron chi connectivity index (χ4n) is 2.50. The van der Waals surface area contributed by atoms with Crippen molar-refractivity contribution in [2.75, 3.05) is 31.1 Å². The molecular weight excluding hydrogens is 254 g/mol. The Labute approximate surface area is 119 Å². The zero-order valence-electron chi connectivity index (χ0n) is 11.8. The Hall–Kier alpha value is -2.06. The molecule has 5 nitrogen and oxygen atoms in total. The standard InChI is InChI=1S/C15H19N3O2/c1-11(19)14-4-3-13(10-16)9-15(14)18-7-5-17(6-8-18)12(2)20/h3-4,9,11,19H,5-8H2,1-2H3. The minimum absolute atomic E-state index is 0.0891. The molecule has 1 heterocycles. The molecule has 0 aliphatic carbocycles. The summed E-state index contributed by atoms with van der Waals surface area (Å²) in [6.45, 7) is 6.07. The molecule has 5 heteroatoms. The Morgan fingerprint density at radius 2 is 2.00 bits per heavy atom. The highest BCUT2D eigenvalue weighted by Gasteiger charge is 2.22. The van der Waals surface area contributed by atoms with Crippen LogP contribution >= 0.6 is 0 Å². The number of nitrogens with zero attached hydrogens (tertiary/aromatic N) is 3. The smallest absolute Gasteiger partial charge is 0.219 e. The third-order valence-electron chi connectivity index (χ3n) is 3.68. The summed E-state index contributed by atoms with van der Waals surface area (Å²) >= 11 is 0. The molecular formula is C15H19N3O2. The van der Waals surface area contributed by atoms with E-state index in [-0.39, 0.29) is 5.91 Å². The summed E-state index contributed by atoms with van der Waals surface area (Å²) in [6, 6.07) is 7.46. The van der Waals surface area contributed by atoms with Crippen LogP contribution in [0.25, 0.3) is 0 Å². The maximum atomic E-state index is 11.3. The van der Waals surface area contributed by atoms with Crippen LogP contribution in [-0.2, 0) is 4.79 Å². The van der Waals surface area contributed by atoms with Gasteiger partial charge >= 0.3 is 0 Å². The van der Waals surface area contributed by atoms with E-state index in [4.69, 9.17) is 5.26 Å². The lowest BCUT2D eigenvalue weighted by atomic mass is 10.0. The van der Waals surface area contributed by atoms with E-state index in [2.05, 4.69) is 11.0 Å². The van der Waals surface area contributed by atoms with E-state index < -0.39 is 6.10 Å². The zero-order chi connectivity index (χ0) is 14.7. The van der Waals surface area contributed by atoms with Gasteiger partial charge in [-0.15, -0.1) is 0 Å². The first-order chi connectivity index (χ1) is 9.52. The van der Waals surface area contributed by atoms with Crippen LogP contribution in [0.5, 0.6) is 0 Å². The molecule has 0 aromatic heterocycles. The topological polar surface area (TPSA) is 67.6 Å². The number of anilines is 1. The zero-order valence-corrected chi connectivity index (χ0v) is 11.8. The van der Waals surface area contributed by atoms with E-state index in [0.29, 0.717) is 31.7 Å². The van der Waals surface area contributed by atoms with Crippen LogP contribution in [0.3, 0.4) is 0 Å². The maximum Gasteiger partial charge on any atom is 0.219 e. The number of hydrogen-bond donors (Lipinski definition) is 1. The van der Waals surface area contributed by atoms with Gasteiger partial charge in [-0.2, -0.15) is 5.26 Å². The van der Waals surface area contributed by atoms with Crippen molar-refractivity contribution in [2.24, 2.45) is 0 Å². The minimum atomic E-state index is -0.580. The SMILES string of the molecule is CC(=O)N1CCN(c2cc(C#N)ccc2C(C)O)CC1. The summed E-state index contributed by atoms with van der Waals surface area (Å²) in [5, 5.41) is 18.9. The van der Waals surface area contributed by atoms with Crippen LogP contribution in [-0.4, -0.2) is 42.1 Å². The summed E-state index contributed by atoms with van der Waals surface area (Å²) < 4.78 is 0. The van der Waals surface area contributed by atoms with Crippen LogP contribution in [0.2, 0.25) is 0 Å². The molecule has 1 aliphatic rings. The van der Waals surface area contributed by atoms with E-state index in [1.54, 1.807) is 26.0 Å². The highest BCUT2D eigenvalue weighted by molar-refractivity contribution is 5.73. The van der Waals surface area contributed by atoms with Gasteiger partial charge in [0.15, 0.2) is 0 Å². The van der Waals surface area contributed by atoms with Crippen LogP contribution in [0.15, 0.2) is 18.2 Å². The molecule has 1 aromatic rings. The van der Waals surface area contributed by atoms with Crippen LogP contribution in [0.4, 0.5) is 5.69 Å². The van der Waals surface area contributed by atoms with E-state index in [1.165, 1.54) is 0 Å². The summed E-state index contributed by atoms with van der Waals surface area (Å²) in [4.78, 5) is 15.3. The molecule has 1 unspecified atom stereocenters. The number of aliphatic hydroxyl groups is 1. The average molecular weight is 273 g/mol. The van der Waals surface area contributed by atoms with Crippen molar-refractivity contribution in [3.8, 4) is 6.07 Å². The van der Waals surface area contributed by atoms with Crippen LogP contribution in [0.1, 0.15) is 31.1 Å². The summed E-state index contributed by atoms with van der Waals surface area (Å²) in [6.07, 6.45) is -0.580. The Bertz CT molecular complexity index is 541. The van der Waals surface area contributed by atoms with Crippen molar-refractivity contribution < 1.29 is 9.90 Å². The third-order valence-corrected chi connectivity index (χ3v) is 3.68. The molecule has 106 valence electrons. The number of amides is 1. The van der Waals surface area contributed by atoms with E-state index in [9.17, 15) is 9.90 Å². The van der Waals surface area contributed by atoms with Gasteiger partial charge in [-0.1, -0.05) is 6.07 Å². The highest BCUT2D eigenvalue weighted by atomic mass is 16.3. The Morgan fingerprint density at radius 1 is 1.35 bits per heavy atom. The molecule has 0 radical (unpaired) electrons. The second kappa shape index (κ2) is 5.93. The largest absolute Gasteiger partial charge is 0.389 e. The Morgan fingerprint density at radius 3 is 2.50 bits per heavy atom. The molecule has 1 saturated heterocycles. The van der Waals surface area contributed by atoms with Crippen molar-refractivity contribution in [1.29, 1.82) is 5.26 Å². The number of hydrogen-bond acceptors (Lipinski definition) is 4. The molecule has 1 atom stereocenters. The highest BCUT2D eigenvalue weighted by Crippen LogP contribution is 2.28. The maximum absolute atomic E-state index is 11.3. The van der Waals surface area contributed by atoms with Crippen LogP contribution < -0.4 is 4.90 Å². The van der Waals surface area contributed by atoms with Crippen molar-refractivity contribution in [3.63, 3.8) is 0 Å². The predicted molar refractivity (Wildman–Crippen MR) is 76.3 cm³/mol. The first-order valence-corrected chi connectivity index (χ1v) is 6.75. The van der Waals surface area contributed by atoms with Gasteiger partial charge in [0.25, 0.3) is 0 Å². The lowest BCUT2D eigenvalue weighted by Crippen LogP contribution is -2.48. The summed E-state index contributed by atoms with van der Waals surface area (Å²) in [7, 11) is 0. The predicted octanol–water partition coefficient (Wildman–Crippen LogP) is 1.28. The van der Waals surface area contributed by atoms with E-state index in [1.807, 2.05) is 11.0 Å². The van der Waals surface area contributed by atoms with Crippen molar-refractivity contribution >= 4 is 11.6 Å². The normalized spacial score (nSPS) is 16.7. The number of carbonyl (C=O) groups is 1. The molecule has 1 fully saturated rings. The molecule has 1 amide bonds. The van der Waals surface area contributed by atoms with Gasteiger partial charge in [-0.05, 0) is 19.1 Å². The van der Waals surface area contributed by atoms with Crippen LogP contribution in [0, 0.1) is 11.3 Å². The van der Waals surface area contributed by atoms with Gasteiger partial charge in [0.2, 0.25) is 5.91 Å². The van der Waals surface area contributed by atoms with Crippen molar-refractivity contribution in [2.45, 2.75) is 20.0 Å². The second-order valence-electron chi connectivity index (χ2n) is 5.05. The number of piperazine rings is 1. The van der Waals surface area contributed by atoms with Crippen molar-refractivity contribution in [1.82, 2.24) is 4.90 Å². The fraction of sp³-hybridized carbons (Fsp3) is 0.467.